The number of hydrogen-bond acceptors (Lipinski definition) is 5. The van der Waals surface area contributed by atoms with E-state index in [0.717, 1.165) is 26.2 Å². The van der Waals surface area contributed by atoms with Gasteiger partial charge in [-0.25, -0.2) is 4.39 Å². The van der Waals surface area contributed by atoms with E-state index in [9.17, 15) is 31.9 Å². The Morgan fingerprint density at radius 1 is 1.27 bits per heavy atom. The molecular weight excluding hydrogens is 451 g/mol. The third-order valence-electron chi connectivity index (χ3n) is 6.05. The molecule has 33 heavy (non-hydrogen) atoms. The first-order valence-electron chi connectivity index (χ1n) is 10.0. The molecule has 0 spiro atoms. The van der Waals surface area contributed by atoms with Gasteiger partial charge >= 0.3 is 6.18 Å². The van der Waals surface area contributed by atoms with Crippen molar-refractivity contribution in [3.63, 3.8) is 0 Å². The van der Waals surface area contributed by atoms with Crippen LogP contribution in [0.15, 0.2) is 30.5 Å². The van der Waals surface area contributed by atoms with E-state index in [1.165, 1.54) is 32.2 Å². The molecule has 5 atom stereocenters. The van der Waals surface area contributed by atoms with Crippen LogP contribution in [0.4, 0.5) is 27.6 Å². The number of ether oxygens (including phenoxy) is 2. The van der Waals surface area contributed by atoms with Crippen molar-refractivity contribution in [3.8, 4) is 5.75 Å². The third kappa shape index (κ3) is 4.39. The van der Waals surface area contributed by atoms with Crippen molar-refractivity contribution in [3.05, 3.63) is 53.4 Å². The summed E-state index contributed by atoms with van der Waals surface area (Å²) in [6, 6.07) is 4.70. The Morgan fingerprint density at radius 2 is 1.94 bits per heavy atom. The van der Waals surface area contributed by atoms with Crippen LogP contribution in [0.5, 0.6) is 5.75 Å². The number of amides is 1. The van der Waals surface area contributed by atoms with Gasteiger partial charge in [-0.05, 0) is 32.0 Å². The van der Waals surface area contributed by atoms with Crippen molar-refractivity contribution in [2.24, 2.45) is 5.92 Å². The van der Waals surface area contributed by atoms with Gasteiger partial charge in [-0.15, -0.1) is 0 Å². The standard InChI is InChI=1S/C22H23F5N2O4/c1-10-16(13-6-7-14(23)17(24)18(13)32-4)19(33-21(10,3)22(25,26)27)20(31)29-12-5-8-15(11(2)30)28-9-12/h5-11,16,19,30H,1-4H3,(H,29,31)/t10-,11-,16-,19+,21+/m0/s1. The van der Waals surface area contributed by atoms with E-state index in [1.807, 2.05) is 0 Å². The van der Waals surface area contributed by atoms with Crippen LogP contribution in [0, 0.1) is 17.6 Å². The highest BCUT2D eigenvalue weighted by Crippen LogP contribution is 2.55. The van der Waals surface area contributed by atoms with Crippen LogP contribution in [0.2, 0.25) is 0 Å². The van der Waals surface area contributed by atoms with Crippen molar-refractivity contribution < 1.29 is 41.3 Å². The Balaban J connectivity index is 2.03. The number of carbonyl (C=O) groups excluding carboxylic acids is 1. The minimum atomic E-state index is -4.86. The average Bonchev–Trinajstić information content (AvgIpc) is 3.02. The molecule has 6 nitrogen and oxygen atoms in total. The lowest BCUT2D eigenvalue weighted by Crippen LogP contribution is -2.47. The lowest BCUT2D eigenvalue weighted by atomic mass is 9.77. The number of anilines is 1. The van der Waals surface area contributed by atoms with E-state index >= 15 is 0 Å². The summed E-state index contributed by atoms with van der Waals surface area (Å²) >= 11 is 0. The molecular formula is C22H23F5N2O4. The van der Waals surface area contributed by atoms with Crippen molar-refractivity contribution >= 4 is 11.6 Å². The van der Waals surface area contributed by atoms with E-state index < -0.39 is 59.1 Å². The van der Waals surface area contributed by atoms with Crippen molar-refractivity contribution in [2.75, 3.05) is 12.4 Å². The SMILES string of the molecule is COc1c([C@H]2[C@H](C(=O)Nc3ccc([C@H](C)O)nc3)O[C@@](C)(C(F)(F)F)[C@H]2C)ccc(F)c1F. The molecule has 0 unspecified atom stereocenters. The van der Waals surface area contributed by atoms with Crippen molar-refractivity contribution in [1.82, 2.24) is 4.98 Å². The minimum Gasteiger partial charge on any atom is -0.493 e. The molecule has 1 fully saturated rings. The molecule has 1 aliphatic rings. The van der Waals surface area contributed by atoms with E-state index in [1.54, 1.807) is 0 Å². The van der Waals surface area contributed by atoms with E-state index in [0.29, 0.717) is 5.69 Å². The van der Waals surface area contributed by atoms with Crippen LogP contribution in [-0.2, 0) is 9.53 Å². The number of hydrogen-bond donors (Lipinski definition) is 2. The molecule has 1 aliphatic heterocycles. The second-order valence-corrected chi connectivity index (χ2v) is 8.08. The Bertz CT molecular complexity index is 1030. The Labute approximate surface area is 186 Å². The zero-order valence-electron chi connectivity index (χ0n) is 18.2. The summed E-state index contributed by atoms with van der Waals surface area (Å²) in [6.07, 6.45) is -6.19. The van der Waals surface area contributed by atoms with Crippen molar-refractivity contribution in [2.45, 2.75) is 50.7 Å². The molecule has 2 aromatic rings. The quantitative estimate of drug-likeness (QED) is 0.624. The number of aliphatic hydroxyl groups excluding tert-OH is 1. The number of nitrogens with zero attached hydrogens (tertiary/aromatic N) is 1. The van der Waals surface area contributed by atoms with Crippen LogP contribution in [0.25, 0.3) is 0 Å². The summed E-state index contributed by atoms with van der Waals surface area (Å²) in [5, 5.41) is 12.0. The molecule has 2 heterocycles. The van der Waals surface area contributed by atoms with E-state index in [4.69, 9.17) is 9.47 Å². The zero-order valence-corrected chi connectivity index (χ0v) is 18.2. The summed E-state index contributed by atoms with van der Waals surface area (Å²) in [7, 11) is 1.05. The second-order valence-electron chi connectivity index (χ2n) is 8.08. The van der Waals surface area contributed by atoms with E-state index in [2.05, 4.69) is 10.3 Å². The highest BCUT2D eigenvalue weighted by molar-refractivity contribution is 5.95. The number of aliphatic hydroxyl groups is 1. The molecule has 0 aliphatic carbocycles. The number of pyridine rings is 1. The Kier molecular flexibility index (Phi) is 6.67. The maximum atomic E-state index is 14.4. The molecule has 1 amide bonds. The number of rotatable bonds is 5. The van der Waals surface area contributed by atoms with Gasteiger partial charge in [-0.1, -0.05) is 13.0 Å². The smallest absolute Gasteiger partial charge is 0.417 e. The Morgan fingerprint density at radius 3 is 2.45 bits per heavy atom. The number of halogens is 5. The minimum absolute atomic E-state index is 0.125. The highest BCUT2D eigenvalue weighted by Gasteiger charge is 2.65. The monoisotopic (exact) mass is 474 g/mol. The van der Waals surface area contributed by atoms with Gasteiger partial charge in [0.2, 0.25) is 5.82 Å². The summed E-state index contributed by atoms with van der Waals surface area (Å²) in [4.78, 5) is 17.0. The topological polar surface area (TPSA) is 80.7 Å². The van der Waals surface area contributed by atoms with Gasteiger partial charge in [0.15, 0.2) is 17.2 Å². The van der Waals surface area contributed by atoms with E-state index in [-0.39, 0.29) is 11.3 Å². The van der Waals surface area contributed by atoms with Gasteiger partial charge in [0, 0.05) is 17.4 Å². The van der Waals surface area contributed by atoms with Crippen LogP contribution < -0.4 is 10.1 Å². The molecule has 0 saturated carbocycles. The van der Waals surface area contributed by atoms with Gasteiger partial charge in [-0.3, -0.25) is 9.78 Å². The number of alkyl halides is 3. The lowest BCUT2D eigenvalue weighted by molar-refractivity contribution is -0.272. The fourth-order valence-corrected chi connectivity index (χ4v) is 3.98. The fraction of sp³-hybridized carbons (Fsp3) is 0.455. The number of carbonyl (C=O) groups is 1. The molecule has 1 aromatic heterocycles. The lowest BCUT2D eigenvalue weighted by Gasteiger charge is -2.32. The highest BCUT2D eigenvalue weighted by atomic mass is 19.4. The predicted molar refractivity (Wildman–Crippen MR) is 108 cm³/mol. The molecule has 0 bridgehead atoms. The zero-order chi connectivity index (χ0) is 24.7. The number of nitrogens with one attached hydrogen (secondary N) is 1. The molecule has 11 heteroatoms. The summed E-state index contributed by atoms with van der Waals surface area (Å²) in [5.74, 6) is -6.82. The maximum Gasteiger partial charge on any atom is 0.417 e. The largest absolute Gasteiger partial charge is 0.493 e. The van der Waals surface area contributed by atoms with Gasteiger partial charge in [-0.2, -0.15) is 17.6 Å². The van der Waals surface area contributed by atoms with Gasteiger partial charge in [0.05, 0.1) is 30.8 Å². The van der Waals surface area contributed by atoms with Gasteiger partial charge < -0.3 is 19.9 Å². The average molecular weight is 474 g/mol. The fourth-order valence-electron chi connectivity index (χ4n) is 3.98. The molecule has 1 aromatic carbocycles. The van der Waals surface area contributed by atoms with Crippen LogP contribution in [-0.4, -0.2) is 41.0 Å². The van der Waals surface area contributed by atoms with Crippen LogP contribution in [0.1, 0.15) is 44.1 Å². The maximum absolute atomic E-state index is 14.4. The number of aromatic nitrogens is 1. The third-order valence-corrected chi connectivity index (χ3v) is 6.05. The second kappa shape index (κ2) is 8.86. The number of methoxy groups -OCH3 is 1. The predicted octanol–water partition coefficient (Wildman–Crippen LogP) is 4.50. The van der Waals surface area contributed by atoms with Crippen molar-refractivity contribution in [1.29, 1.82) is 0 Å². The summed E-state index contributed by atoms with van der Waals surface area (Å²) < 4.78 is 80.1. The van der Waals surface area contributed by atoms with Gasteiger partial charge in [0.25, 0.3) is 5.91 Å². The molecule has 1 saturated heterocycles. The molecule has 3 rings (SSSR count). The molecule has 2 N–H and O–H groups in total. The normalized spacial score (nSPS) is 26.2. The first kappa shape index (κ1) is 24.8. The molecule has 0 radical (unpaired) electrons. The first-order valence-corrected chi connectivity index (χ1v) is 10.0. The number of benzene rings is 1. The van der Waals surface area contributed by atoms with Crippen LogP contribution >= 0.6 is 0 Å². The molecule has 180 valence electrons. The van der Waals surface area contributed by atoms with Gasteiger partial charge in [0.1, 0.15) is 6.10 Å². The first-order chi connectivity index (χ1) is 15.3. The summed E-state index contributed by atoms with van der Waals surface area (Å²) in [6.45, 7) is 3.53. The Hall–Kier alpha value is -2.79. The van der Waals surface area contributed by atoms with Crippen LogP contribution in [0.3, 0.4) is 0 Å². The summed E-state index contributed by atoms with van der Waals surface area (Å²) in [5.41, 5.74) is -2.39.